The second kappa shape index (κ2) is 7.49. The quantitative estimate of drug-likeness (QED) is 0.449. The number of unbranched alkanes of at least 4 members (excludes halogenated alkanes) is 1. The van der Waals surface area contributed by atoms with Crippen molar-refractivity contribution in [1.29, 1.82) is 0 Å². The zero-order valence-corrected chi connectivity index (χ0v) is 11.2. The summed E-state index contributed by atoms with van der Waals surface area (Å²) in [6.07, 6.45) is 5.47. The zero-order chi connectivity index (χ0) is 11.8. The smallest absolute Gasteiger partial charge is 0.223 e. The lowest BCUT2D eigenvalue weighted by molar-refractivity contribution is 0.890. The number of anilines is 1. The first-order valence-corrected chi connectivity index (χ1v) is 6.96. The minimum Gasteiger partial charge on any atom is -0.354 e. The second-order valence-corrected chi connectivity index (χ2v) is 4.89. The summed E-state index contributed by atoms with van der Waals surface area (Å²) >= 11 is 1.83. The van der Waals surface area contributed by atoms with Crippen LogP contribution in [0.4, 0.5) is 5.95 Å². The van der Waals surface area contributed by atoms with Crippen LogP contribution in [-0.4, -0.2) is 22.3 Å². The Hall–Kier alpha value is -0.770. The van der Waals surface area contributed by atoms with E-state index < -0.39 is 0 Å². The highest BCUT2D eigenvalue weighted by Crippen LogP contribution is 2.21. The molecule has 16 heavy (non-hydrogen) atoms. The molecule has 0 atom stereocenters. The molecule has 90 valence electrons. The molecule has 0 spiro atoms. The van der Waals surface area contributed by atoms with Crippen LogP contribution in [0.5, 0.6) is 0 Å². The Morgan fingerprint density at radius 3 is 2.81 bits per heavy atom. The van der Waals surface area contributed by atoms with Crippen LogP contribution < -0.4 is 5.32 Å². The van der Waals surface area contributed by atoms with Crippen molar-refractivity contribution < 1.29 is 0 Å². The summed E-state index contributed by atoms with van der Waals surface area (Å²) in [7, 11) is 0. The third-order valence-corrected chi connectivity index (χ3v) is 3.37. The van der Waals surface area contributed by atoms with Crippen LogP contribution in [0.25, 0.3) is 0 Å². The zero-order valence-electron chi connectivity index (χ0n) is 10.4. The van der Waals surface area contributed by atoms with Gasteiger partial charge in [-0.25, -0.2) is 9.97 Å². The molecule has 0 aromatic carbocycles. The second-order valence-electron chi connectivity index (χ2n) is 3.81. The van der Waals surface area contributed by atoms with Crippen molar-refractivity contribution in [3.63, 3.8) is 0 Å². The van der Waals surface area contributed by atoms with Crippen LogP contribution in [0.1, 0.15) is 38.7 Å². The summed E-state index contributed by atoms with van der Waals surface area (Å²) in [5.41, 5.74) is 1.17. The number of thioether (sulfide) groups is 1. The Bertz CT molecular complexity index is 315. The molecule has 0 aliphatic carbocycles. The van der Waals surface area contributed by atoms with Crippen LogP contribution in [-0.2, 0) is 0 Å². The monoisotopic (exact) mass is 239 g/mol. The van der Waals surface area contributed by atoms with E-state index in [1.54, 1.807) is 0 Å². The molecule has 4 heteroatoms. The van der Waals surface area contributed by atoms with Gasteiger partial charge in [0.2, 0.25) is 5.95 Å². The predicted octanol–water partition coefficient (Wildman–Crippen LogP) is 3.50. The summed E-state index contributed by atoms with van der Waals surface area (Å²) in [5, 5.41) is 4.33. The van der Waals surface area contributed by atoms with Crippen LogP contribution in [0.2, 0.25) is 0 Å². The lowest BCUT2D eigenvalue weighted by Crippen LogP contribution is -2.05. The summed E-state index contributed by atoms with van der Waals surface area (Å²) in [6, 6.07) is 0. The summed E-state index contributed by atoms with van der Waals surface area (Å²) in [6.45, 7) is 7.35. The first kappa shape index (κ1) is 13.3. The predicted molar refractivity (Wildman–Crippen MR) is 71.2 cm³/mol. The summed E-state index contributed by atoms with van der Waals surface area (Å²) < 4.78 is 0. The minimum atomic E-state index is 0.756. The van der Waals surface area contributed by atoms with Crippen molar-refractivity contribution in [3.8, 4) is 0 Å². The third kappa shape index (κ3) is 4.39. The van der Waals surface area contributed by atoms with E-state index in [2.05, 4.69) is 36.1 Å². The Balaban J connectivity index is 2.59. The van der Waals surface area contributed by atoms with Gasteiger partial charge in [-0.15, -0.1) is 11.8 Å². The molecule has 3 nitrogen and oxygen atoms in total. The van der Waals surface area contributed by atoms with Crippen molar-refractivity contribution in [2.24, 2.45) is 0 Å². The van der Waals surface area contributed by atoms with Gasteiger partial charge in [0.15, 0.2) is 0 Å². The van der Waals surface area contributed by atoms with Crippen molar-refractivity contribution >= 4 is 17.7 Å². The molecule has 0 amide bonds. The van der Waals surface area contributed by atoms with Gasteiger partial charge in [-0.2, -0.15) is 0 Å². The number of aromatic nitrogens is 2. The Morgan fingerprint density at radius 2 is 2.12 bits per heavy atom. The highest BCUT2D eigenvalue weighted by Gasteiger charge is 2.03. The van der Waals surface area contributed by atoms with Crippen LogP contribution in [0.15, 0.2) is 11.2 Å². The number of hydrogen-bond acceptors (Lipinski definition) is 4. The maximum atomic E-state index is 4.52. The molecule has 1 heterocycles. The third-order valence-electron chi connectivity index (χ3n) is 2.20. The van der Waals surface area contributed by atoms with Gasteiger partial charge in [0, 0.05) is 12.7 Å². The molecular weight excluding hydrogens is 218 g/mol. The fourth-order valence-corrected chi connectivity index (χ4v) is 2.27. The standard InChI is InChI=1S/C12H21N3S/c1-4-6-8-16-11-10(3)9-14-12(15-11)13-7-5-2/h9H,4-8H2,1-3H3,(H,13,14,15). The van der Waals surface area contributed by atoms with E-state index in [-0.39, 0.29) is 0 Å². The molecule has 1 rings (SSSR count). The van der Waals surface area contributed by atoms with Gasteiger partial charge in [0.05, 0.1) is 0 Å². The number of hydrogen-bond donors (Lipinski definition) is 1. The van der Waals surface area contributed by atoms with Gasteiger partial charge < -0.3 is 5.32 Å². The van der Waals surface area contributed by atoms with Crippen molar-refractivity contribution in [2.75, 3.05) is 17.6 Å². The lowest BCUT2D eigenvalue weighted by atomic mass is 10.4. The molecular formula is C12H21N3S. The van der Waals surface area contributed by atoms with E-state index >= 15 is 0 Å². The molecule has 0 aliphatic heterocycles. The number of aryl methyl sites for hydroxylation is 1. The maximum absolute atomic E-state index is 4.52. The van der Waals surface area contributed by atoms with Crippen molar-refractivity contribution in [3.05, 3.63) is 11.8 Å². The molecule has 0 bridgehead atoms. The SMILES string of the molecule is CCCCSc1nc(NCCC)ncc1C. The van der Waals surface area contributed by atoms with E-state index in [0.717, 1.165) is 29.7 Å². The first-order chi connectivity index (χ1) is 7.77. The average Bonchev–Trinajstić information content (AvgIpc) is 2.30. The Kier molecular flexibility index (Phi) is 6.23. The molecule has 0 radical (unpaired) electrons. The molecule has 0 unspecified atom stereocenters. The topological polar surface area (TPSA) is 37.8 Å². The molecule has 0 saturated heterocycles. The molecule has 1 aromatic heterocycles. The largest absolute Gasteiger partial charge is 0.354 e. The molecule has 0 saturated carbocycles. The summed E-state index contributed by atoms with van der Waals surface area (Å²) in [5.74, 6) is 1.90. The highest BCUT2D eigenvalue weighted by molar-refractivity contribution is 7.99. The van der Waals surface area contributed by atoms with Gasteiger partial charge in [-0.1, -0.05) is 20.3 Å². The van der Waals surface area contributed by atoms with Crippen molar-refractivity contribution in [2.45, 2.75) is 45.1 Å². The average molecular weight is 239 g/mol. The Labute approximate surface area is 102 Å². The first-order valence-electron chi connectivity index (χ1n) is 5.98. The van der Waals surface area contributed by atoms with E-state index in [1.165, 1.54) is 18.4 Å². The maximum Gasteiger partial charge on any atom is 0.223 e. The fourth-order valence-electron chi connectivity index (χ4n) is 1.21. The minimum absolute atomic E-state index is 0.756. The highest BCUT2D eigenvalue weighted by atomic mass is 32.2. The van der Waals surface area contributed by atoms with E-state index in [4.69, 9.17) is 0 Å². The van der Waals surface area contributed by atoms with Gasteiger partial charge in [-0.05, 0) is 31.1 Å². The van der Waals surface area contributed by atoms with Crippen LogP contribution in [0.3, 0.4) is 0 Å². The molecule has 0 fully saturated rings. The van der Waals surface area contributed by atoms with E-state index in [1.807, 2.05) is 18.0 Å². The lowest BCUT2D eigenvalue weighted by Gasteiger charge is -2.07. The van der Waals surface area contributed by atoms with Crippen molar-refractivity contribution in [1.82, 2.24) is 9.97 Å². The normalized spacial score (nSPS) is 10.4. The van der Waals surface area contributed by atoms with E-state index in [0.29, 0.717) is 0 Å². The van der Waals surface area contributed by atoms with Gasteiger partial charge in [-0.3, -0.25) is 0 Å². The van der Waals surface area contributed by atoms with Crippen LogP contribution in [0, 0.1) is 6.92 Å². The molecule has 0 aliphatic rings. The summed E-state index contributed by atoms with van der Waals surface area (Å²) in [4.78, 5) is 8.79. The fraction of sp³-hybridized carbons (Fsp3) is 0.667. The molecule has 1 aromatic rings. The van der Waals surface area contributed by atoms with E-state index in [9.17, 15) is 0 Å². The van der Waals surface area contributed by atoms with Gasteiger partial charge >= 0.3 is 0 Å². The van der Waals surface area contributed by atoms with Gasteiger partial charge in [0.25, 0.3) is 0 Å². The van der Waals surface area contributed by atoms with Crippen LogP contribution >= 0.6 is 11.8 Å². The number of rotatable bonds is 7. The van der Waals surface area contributed by atoms with Gasteiger partial charge in [0.1, 0.15) is 5.03 Å². The number of nitrogens with one attached hydrogen (secondary N) is 1. The Morgan fingerprint density at radius 1 is 1.31 bits per heavy atom. The number of nitrogens with zero attached hydrogens (tertiary/aromatic N) is 2. The molecule has 1 N–H and O–H groups in total.